The highest BCUT2D eigenvalue weighted by Crippen LogP contribution is 2.47. The second-order valence-corrected chi connectivity index (χ2v) is 4.87. The van der Waals surface area contributed by atoms with E-state index < -0.39 is 11.4 Å². The first-order valence-corrected chi connectivity index (χ1v) is 5.67. The van der Waals surface area contributed by atoms with Gasteiger partial charge in [-0.25, -0.2) is 4.98 Å². The highest BCUT2D eigenvalue weighted by atomic mass is 32.1. The van der Waals surface area contributed by atoms with Crippen molar-refractivity contribution in [2.45, 2.75) is 26.2 Å². The van der Waals surface area contributed by atoms with Gasteiger partial charge >= 0.3 is 5.97 Å². The summed E-state index contributed by atoms with van der Waals surface area (Å²) in [6.07, 6.45) is 2.66. The molecule has 1 aliphatic carbocycles. The van der Waals surface area contributed by atoms with Crippen LogP contribution in [0, 0.1) is 11.3 Å². The van der Waals surface area contributed by atoms with Crippen molar-refractivity contribution in [1.29, 1.82) is 0 Å². The number of nitrogens with zero attached hydrogens (tertiary/aromatic N) is 1. The molecule has 76 valence electrons. The molecule has 0 aliphatic heterocycles. The molecular formula is C10H13NO2S. The van der Waals surface area contributed by atoms with Crippen molar-refractivity contribution in [3.05, 3.63) is 16.6 Å². The molecule has 0 amide bonds. The van der Waals surface area contributed by atoms with E-state index in [1.54, 1.807) is 5.51 Å². The Morgan fingerprint density at radius 3 is 2.93 bits per heavy atom. The molecule has 1 fully saturated rings. The molecular weight excluding hydrogens is 198 g/mol. The van der Waals surface area contributed by atoms with Crippen molar-refractivity contribution >= 4 is 17.3 Å². The fourth-order valence-electron chi connectivity index (χ4n) is 1.82. The summed E-state index contributed by atoms with van der Waals surface area (Å²) in [6, 6.07) is 0. The minimum atomic E-state index is -0.687. The van der Waals surface area contributed by atoms with Crippen LogP contribution in [0.4, 0.5) is 0 Å². The topological polar surface area (TPSA) is 50.2 Å². The van der Waals surface area contributed by atoms with Gasteiger partial charge in [-0.2, -0.15) is 0 Å². The van der Waals surface area contributed by atoms with E-state index in [0.29, 0.717) is 12.3 Å². The molecule has 1 aromatic rings. The Balaban J connectivity index is 2.15. The first-order valence-electron chi connectivity index (χ1n) is 4.73. The van der Waals surface area contributed by atoms with Gasteiger partial charge in [0.05, 0.1) is 16.6 Å². The first-order chi connectivity index (χ1) is 6.63. The molecule has 0 aromatic carbocycles. The quantitative estimate of drug-likeness (QED) is 0.830. The summed E-state index contributed by atoms with van der Waals surface area (Å²) in [7, 11) is 0. The van der Waals surface area contributed by atoms with Gasteiger partial charge in [-0.3, -0.25) is 4.79 Å². The number of hydrogen-bond donors (Lipinski definition) is 1. The smallest absolute Gasteiger partial charge is 0.310 e. The Morgan fingerprint density at radius 2 is 2.50 bits per heavy atom. The van der Waals surface area contributed by atoms with Crippen LogP contribution in [0.3, 0.4) is 0 Å². The first kappa shape index (κ1) is 9.65. The SMILES string of the molecule is CC(Cc1cscn1)(C(=O)O)C1CC1. The third-order valence-corrected chi connectivity index (χ3v) is 3.63. The summed E-state index contributed by atoms with van der Waals surface area (Å²) in [5.41, 5.74) is 2.06. The van der Waals surface area contributed by atoms with Gasteiger partial charge in [-0.05, 0) is 25.7 Å². The van der Waals surface area contributed by atoms with E-state index in [4.69, 9.17) is 0 Å². The maximum Gasteiger partial charge on any atom is 0.310 e. The van der Waals surface area contributed by atoms with Gasteiger partial charge in [0.1, 0.15) is 0 Å². The molecule has 0 radical (unpaired) electrons. The van der Waals surface area contributed by atoms with Crippen LogP contribution < -0.4 is 0 Å². The highest BCUT2D eigenvalue weighted by Gasteiger charge is 2.47. The van der Waals surface area contributed by atoms with E-state index in [0.717, 1.165) is 18.5 Å². The monoisotopic (exact) mass is 211 g/mol. The van der Waals surface area contributed by atoms with Gasteiger partial charge in [0.25, 0.3) is 0 Å². The van der Waals surface area contributed by atoms with Crippen LogP contribution in [-0.4, -0.2) is 16.1 Å². The minimum absolute atomic E-state index is 0.349. The molecule has 1 N–H and O–H groups in total. The van der Waals surface area contributed by atoms with Crippen LogP contribution in [-0.2, 0) is 11.2 Å². The van der Waals surface area contributed by atoms with Gasteiger partial charge in [-0.1, -0.05) is 0 Å². The second kappa shape index (κ2) is 3.35. The molecule has 1 aromatic heterocycles. The summed E-state index contributed by atoms with van der Waals surface area (Å²) >= 11 is 1.52. The molecule has 0 saturated heterocycles. The lowest BCUT2D eigenvalue weighted by Gasteiger charge is -2.23. The average Bonchev–Trinajstić information content (AvgIpc) is 2.87. The molecule has 14 heavy (non-hydrogen) atoms. The number of thiazole rings is 1. The molecule has 1 aliphatic rings. The molecule has 3 nitrogen and oxygen atoms in total. The predicted octanol–water partition coefficient (Wildman–Crippen LogP) is 2.19. The van der Waals surface area contributed by atoms with Crippen molar-refractivity contribution in [2.75, 3.05) is 0 Å². The summed E-state index contributed by atoms with van der Waals surface area (Å²) in [5.74, 6) is -0.338. The minimum Gasteiger partial charge on any atom is -0.481 e. The predicted molar refractivity (Wildman–Crippen MR) is 54.3 cm³/mol. The lowest BCUT2D eigenvalue weighted by Crippen LogP contribution is -2.32. The molecule has 0 bridgehead atoms. The van der Waals surface area contributed by atoms with E-state index in [2.05, 4.69) is 4.98 Å². The van der Waals surface area contributed by atoms with E-state index >= 15 is 0 Å². The van der Waals surface area contributed by atoms with Crippen LogP contribution in [0.15, 0.2) is 10.9 Å². The van der Waals surface area contributed by atoms with Gasteiger partial charge in [0, 0.05) is 11.8 Å². The molecule has 1 atom stereocenters. The van der Waals surface area contributed by atoms with E-state index in [-0.39, 0.29) is 0 Å². The van der Waals surface area contributed by atoms with Gasteiger partial charge in [0.15, 0.2) is 0 Å². The number of carboxylic acid groups (broad SMARTS) is 1. The highest BCUT2D eigenvalue weighted by molar-refractivity contribution is 7.07. The summed E-state index contributed by atoms with van der Waals surface area (Å²) in [4.78, 5) is 15.4. The summed E-state index contributed by atoms with van der Waals surface area (Å²) in [5, 5.41) is 11.2. The molecule has 1 heterocycles. The van der Waals surface area contributed by atoms with Crippen LogP contribution in [0.5, 0.6) is 0 Å². The lowest BCUT2D eigenvalue weighted by molar-refractivity contribution is -0.149. The van der Waals surface area contributed by atoms with Crippen molar-refractivity contribution in [1.82, 2.24) is 4.98 Å². The zero-order valence-electron chi connectivity index (χ0n) is 8.06. The number of carboxylic acids is 1. The maximum absolute atomic E-state index is 11.2. The van der Waals surface area contributed by atoms with Gasteiger partial charge in [0.2, 0.25) is 0 Å². The maximum atomic E-state index is 11.2. The van der Waals surface area contributed by atoms with Gasteiger partial charge < -0.3 is 5.11 Å². The van der Waals surface area contributed by atoms with Crippen molar-refractivity contribution in [3.8, 4) is 0 Å². The fraction of sp³-hybridized carbons (Fsp3) is 0.600. The van der Waals surface area contributed by atoms with Crippen molar-refractivity contribution in [2.24, 2.45) is 11.3 Å². The van der Waals surface area contributed by atoms with Crippen LogP contribution >= 0.6 is 11.3 Å². The Morgan fingerprint density at radius 1 is 1.79 bits per heavy atom. The molecule has 4 heteroatoms. The van der Waals surface area contributed by atoms with Gasteiger partial charge in [-0.15, -0.1) is 11.3 Å². The standard InChI is InChI=1S/C10H13NO2S/c1-10(9(12)13,7-2-3-7)4-8-5-14-6-11-8/h5-7H,2-4H2,1H3,(H,12,13). The third kappa shape index (κ3) is 1.66. The largest absolute Gasteiger partial charge is 0.481 e. The summed E-state index contributed by atoms with van der Waals surface area (Å²) in [6.45, 7) is 1.84. The number of carbonyl (C=O) groups is 1. The van der Waals surface area contributed by atoms with Crippen molar-refractivity contribution < 1.29 is 9.90 Å². The average molecular weight is 211 g/mol. The zero-order chi connectivity index (χ0) is 10.2. The third-order valence-electron chi connectivity index (χ3n) is 3.00. The fourth-order valence-corrected chi connectivity index (χ4v) is 2.37. The Labute approximate surface area is 86.8 Å². The Kier molecular flexibility index (Phi) is 2.31. The number of aromatic nitrogens is 1. The molecule has 0 spiro atoms. The number of rotatable bonds is 4. The normalized spacial score (nSPS) is 20.4. The summed E-state index contributed by atoms with van der Waals surface area (Å²) < 4.78 is 0. The van der Waals surface area contributed by atoms with Crippen LogP contribution in [0.1, 0.15) is 25.5 Å². The van der Waals surface area contributed by atoms with Crippen LogP contribution in [0.25, 0.3) is 0 Å². The second-order valence-electron chi connectivity index (χ2n) is 4.15. The van der Waals surface area contributed by atoms with E-state index in [1.807, 2.05) is 12.3 Å². The number of aliphatic carboxylic acids is 1. The Hall–Kier alpha value is -0.900. The Bertz CT molecular complexity index is 332. The van der Waals surface area contributed by atoms with E-state index in [1.165, 1.54) is 11.3 Å². The van der Waals surface area contributed by atoms with Crippen LogP contribution in [0.2, 0.25) is 0 Å². The molecule has 1 unspecified atom stereocenters. The number of hydrogen-bond acceptors (Lipinski definition) is 3. The molecule has 2 rings (SSSR count). The zero-order valence-corrected chi connectivity index (χ0v) is 8.88. The van der Waals surface area contributed by atoms with E-state index in [9.17, 15) is 9.90 Å². The molecule has 1 saturated carbocycles. The van der Waals surface area contributed by atoms with Crippen molar-refractivity contribution in [3.63, 3.8) is 0 Å². The lowest BCUT2D eigenvalue weighted by atomic mass is 9.81.